The number of benzene rings is 2. The quantitative estimate of drug-likeness (QED) is 0.754. The van der Waals surface area contributed by atoms with Crippen LogP contribution in [0.15, 0.2) is 48.5 Å². The van der Waals surface area contributed by atoms with E-state index in [1.165, 1.54) is 0 Å². The number of hydrogen-bond donors (Lipinski definition) is 1. The molecule has 3 rings (SSSR count). The fraction of sp³-hybridized carbons (Fsp3) is 0.278. The van der Waals surface area contributed by atoms with Gasteiger partial charge in [-0.3, -0.25) is 4.79 Å². The SMILES string of the molecule is COc1ccc(CC(=O)N[C@H](C)Cn2nnc3ccccc32)cc1. The molecule has 1 aromatic heterocycles. The van der Waals surface area contributed by atoms with Crippen LogP contribution in [0.25, 0.3) is 11.0 Å². The van der Waals surface area contributed by atoms with Crippen LogP contribution in [0.5, 0.6) is 5.75 Å². The molecule has 24 heavy (non-hydrogen) atoms. The Labute approximate surface area is 140 Å². The number of rotatable bonds is 6. The summed E-state index contributed by atoms with van der Waals surface area (Å²) in [6.45, 7) is 2.54. The summed E-state index contributed by atoms with van der Waals surface area (Å²) < 4.78 is 6.93. The topological polar surface area (TPSA) is 69.0 Å². The number of nitrogens with one attached hydrogen (secondary N) is 1. The zero-order valence-corrected chi connectivity index (χ0v) is 13.8. The van der Waals surface area contributed by atoms with Gasteiger partial charge < -0.3 is 10.1 Å². The Hall–Kier alpha value is -2.89. The van der Waals surface area contributed by atoms with Crippen molar-refractivity contribution in [3.05, 3.63) is 54.1 Å². The highest BCUT2D eigenvalue weighted by atomic mass is 16.5. The zero-order valence-electron chi connectivity index (χ0n) is 13.8. The van der Waals surface area contributed by atoms with Gasteiger partial charge in [-0.2, -0.15) is 0 Å². The molecular weight excluding hydrogens is 304 g/mol. The summed E-state index contributed by atoms with van der Waals surface area (Å²) in [7, 11) is 1.62. The molecule has 0 bridgehead atoms. The molecule has 0 spiro atoms. The molecule has 1 N–H and O–H groups in total. The number of carbonyl (C=O) groups excluding carboxylic acids is 1. The van der Waals surface area contributed by atoms with E-state index in [2.05, 4.69) is 15.6 Å². The number of para-hydroxylation sites is 1. The van der Waals surface area contributed by atoms with Gasteiger partial charge in [0.1, 0.15) is 11.3 Å². The molecular formula is C18H20N4O2. The molecule has 0 aliphatic heterocycles. The van der Waals surface area contributed by atoms with Crippen molar-refractivity contribution in [2.75, 3.05) is 7.11 Å². The molecule has 6 nitrogen and oxygen atoms in total. The summed E-state index contributed by atoms with van der Waals surface area (Å²) in [4.78, 5) is 12.2. The number of methoxy groups -OCH3 is 1. The highest BCUT2D eigenvalue weighted by molar-refractivity contribution is 5.79. The second kappa shape index (κ2) is 7.12. The van der Waals surface area contributed by atoms with Crippen LogP contribution < -0.4 is 10.1 Å². The van der Waals surface area contributed by atoms with Crippen LogP contribution in [0.4, 0.5) is 0 Å². The lowest BCUT2D eigenvalue weighted by Gasteiger charge is -2.14. The van der Waals surface area contributed by atoms with E-state index in [1.807, 2.05) is 60.1 Å². The maximum absolute atomic E-state index is 12.2. The molecule has 0 saturated heterocycles. The van der Waals surface area contributed by atoms with E-state index < -0.39 is 0 Å². The van der Waals surface area contributed by atoms with Gasteiger partial charge in [0.05, 0.1) is 25.6 Å². The first-order valence-electron chi connectivity index (χ1n) is 7.86. The summed E-state index contributed by atoms with van der Waals surface area (Å²) >= 11 is 0. The van der Waals surface area contributed by atoms with Crippen LogP contribution in [0.3, 0.4) is 0 Å². The molecule has 3 aromatic rings. The molecule has 0 fully saturated rings. The van der Waals surface area contributed by atoms with E-state index in [0.29, 0.717) is 13.0 Å². The van der Waals surface area contributed by atoms with E-state index >= 15 is 0 Å². The Morgan fingerprint density at radius 1 is 1.21 bits per heavy atom. The molecule has 0 aliphatic rings. The molecule has 0 unspecified atom stereocenters. The monoisotopic (exact) mass is 324 g/mol. The van der Waals surface area contributed by atoms with Crippen LogP contribution in [0.2, 0.25) is 0 Å². The number of amides is 1. The number of ether oxygens (including phenoxy) is 1. The van der Waals surface area contributed by atoms with Gasteiger partial charge in [0.2, 0.25) is 5.91 Å². The van der Waals surface area contributed by atoms with Crippen LogP contribution in [0, 0.1) is 0 Å². The average Bonchev–Trinajstić information content (AvgIpc) is 2.98. The predicted octanol–water partition coefficient (Wildman–Crippen LogP) is 2.19. The van der Waals surface area contributed by atoms with Gasteiger partial charge in [-0.1, -0.05) is 29.5 Å². The van der Waals surface area contributed by atoms with Gasteiger partial charge >= 0.3 is 0 Å². The van der Waals surface area contributed by atoms with Crippen molar-refractivity contribution in [3.63, 3.8) is 0 Å². The molecule has 6 heteroatoms. The fourth-order valence-electron chi connectivity index (χ4n) is 2.61. The molecule has 0 aliphatic carbocycles. The van der Waals surface area contributed by atoms with Gasteiger partial charge in [0.25, 0.3) is 0 Å². The largest absolute Gasteiger partial charge is 0.497 e. The van der Waals surface area contributed by atoms with Crippen molar-refractivity contribution >= 4 is 16.9 Å². The summed E-state index contributed by atoms with van der Waals surface area (Å²) in [5.41, 5.74) is 2.77. The van der Waals surface area contributed by atoms with Crippen molar-refractivity contribution in [2.45, 2.75) is 25.9 Å². The van der Waals surface area contributed by atoms with Crippen LogP contribution in [0.1, 0.15) is 12.5 Å². The Morgan fingerprint density at radius 3 is 2.71 bits per heavy atom. The molecule has 1 heterocycles. The molecule has 1 amide bonds. The fourth-order valence-corrected chi connectivity index (χ4v) is 2.61. The van der Waals surface area contributed by atoms with E-state index in [9.17, 15) is 4.79 Å². The van der Waals surface area contributed by atoms with Crippen LogP contribution >= 0.6 is 0 Å². The molecule has 1 atom stereocenters. The summed E-state index contributed by atoms with van der Waals surface area (Å²) in [6, 6.07) is 15.2. The Balaban J connectivity index is 1.57. The molecule has 2 aromatic carbocycles. The highest BCUT2D eigenvalue weighted by Gasteiger charge is 2.11. The second-order valence-electron chi connectivity index (χ2n) is 5.75. The summed E-state index contributed by atoms with van der Waals surface area (Å²) in [5, 5.41) is 11.3. The highest BCUT2D eigenvalue weighted by Crippen LogP contribution is 2.12. The minimum atomic E-state index is -0.0409. The number of fused-ring (bicyclic) bond motifs is 1. The number of carbonyl (C=O) groups is 1. The van der Waals surface area contributed by atoms with Crippen molar-refractivity contribution in [1.82, 2.24) is 20.3 Å². The number of hydrogen-bond acceptors (Lipinski definition) is 4. The van der Waals surface area contributed by atoms with Gasteiger partial charge in [-0.15, -0.1) is 5.10 Å². The predicted molar refractivity (Wildman–Crippen MR) is 91.8 cm³/mol. The summed E-state index contributed by atoms with van der Waals surface area (Å²) in [5.74, 6) is 0.766. The zero-order chi connectivity index (χ0) is 16.9. The maximum atomic E-state index is 12.2. The molecule has 0 saturated carbocycles. The third kappa shape index (κ3) is 3.71. The van der Waals surface area contributed by atoms with E-state index in [0.717, 1.165) is 22.3 Å². The van der Waals surface area contributed by atoms with Gasteiger partial charge in [0, 0.05) is 6.04 Å². The first-order valence-corrected chi connectivity index (χ1v) is 7.86. The van der Waals surface area contributed by atoms with Gasteiger partial charge in [-0.05, 0) is 36.8 Å². The Bertz CT molecular complexity index is 826. The average molecular weight is 324 g/mol. The normalized spacial score (nSPS) is 12.1. The minimum absolute atomic E-state index is 0.0166. The lowest BCUT2D eigenvalue weighted by atomic mass is 10.1. The van der Waals surface area contributed by atoms with Crippen molar-refractivity contribution in [3.8, 4) is 5.75 Å². The minimum Gasteiger partial charge on any atom is -0.497 e. The lowest BCUT2D eigenvalue weighted by Crippen LogP contribution is -2.36. The van der Waals surface area contributed by atoms with Crippen molar-refractivity contribution in [2.24, 2.45) is 0 Å². The van der Waals surface area contributed by atoms with Gasteiger partial charge in [-0.25, -0.2) is 4.68 Å². The Kier molecular flexibility index (Phi) is 4.74. The van der Waals surface area contributed by atoms with E-state index in [4.69, 9.17) is 4.74 Å². The van der Waals surface area contributed by atoms with Gasteiger partial charge in [0.15, 0.2) is 0 Å². The first-order chi connectivity index (χ1) is 11.7. The Morgan fingerprint density at radius 2 is 1.96 bits per heavy atom. The van der Waals surface area contributed by atoms with E-state index in [-0.39, 0.29) is 11.9 Å². The standard InChI is InChI=1S/C18H20N4O2/c1-13(12-22-17-6-4-3-5-16(17)20-21-22)19-18(23)11-14-7-9-15(24-2)10-8-14/h3-10,13H,11-12H2,1-2H3,(H,19,23)/t13-/m1/s1. The first kappa shape index (κ1) is 16.0. The molecule has 0 radical (unpaired) electrons. The molecule has 124 valence electrons. The third-order valence-electron chi connectivity index (χ3n) is 3.80. The number of aromatic nitrogens is 3. The van der Waals surface area contributed by atoms with E-state index in [1.54, 1.807) is 7.11 Å². The van der Waals surface area contributed by atoms with Crippen molar-refractivity contribution < 1.29 is 9.53 Å². The second-order valence-corrected chi connectivity index (χ2v) is 5.75. The smallest absolute Gasteiger partial charge is 0.224 e. The number of nitrogens with zero attached hydrogens (tertiary/aromatic N) is 3. The van der Waals surface area contributed by atoms with Crippen LogP contribution in [-0.4, -0.2) is 34.1 Å². The maximum Gasteiger partial charge on any atom is 0.224 e. The third-order valence-corrected chi connectivity index (χ3v) is 3.80. The lowest BCUT2D eigenvalue weighted by molar-refractivity contribution is -0.121. The summed E-state index contributed by atoms with van der Waals surface area (Å²) in [6.07, 6.45) is 0.340. The van der Waals surface area contributed by atoms with Crippen molar-refractivity contribution in [1.29, 1.82) is 0 Å². The van der Waals surface area contributed by atoms with Crippen LogP contribution in [-0.2, 0) is 17.8 Å².